The second-order valence-electron chi connectivity index (χ2n) is 6.44. The number of aromatic nitrogens is 2. The van der Waals surface area contributed by atoms with Gasteiger partial charge in [-0.2, -0.15) is 5.10 Å². The largest absolute Gasteiger partial charge is 0.493 e. The minimum absolute atomic E-state index is 0.0531. The predicted octanol–water partition coefficient (Wildman–Crippen LogP) is 2.85. The maximum atomic E-state index is 12.4. The third-order valence-corrected chi connectivity index (χ3v) is 4.76. The maximum absolute atomic E-state index is 12.4. The van der Waals surface area contributed by atoms with Gasteiger partial charge >= 0.3 is 0 Å². The molecule has 0 bridgehead atoms. The van der Waals surface area contributed by atoms with E-state index in [4.69, 9.17) is 9.47 Å². The number of ether oxygens (including phenoxy) is 2. The van der Waals surface area contributed by atoms with Gasteiger partial charge in [-0.3, -0.25) is 9.48 Å². The standard InChI is InChI=1S/C20H25N3O3/c1-25-18-6-4-16(14-19(18)26-2)5-7-20(24)22-12-8-17(9-13-22)15-23-11-3-10-21-23/h3-7,10-11,14,17H,8-9,12-13,15H2,1-2H3/b7-5+. The van der Waals surface area contributed by atoms with Crippen molar-refractivity contribution in [1.29, 1.82) is 0 Å². The first-order valence-corrected chi connectivity index (χ1v) is 8.86. The molecular formula is C20H25N3O3. The van der Waals surface area contributed by atoms with Gasteiger partial charge in [0.2, 0.25) is 5.91 Å². The number of likely N-dealkylation sites (tertiary alicyclic amines) is 1. The van der Waals surface area contributed by atoms with Crippen LogP contribution in [0.15, 0.2) is 42.7 Å². The summed E-state index contributed by atoms with van der Waals surface area (Å²) in [6, 6.07) is 7.54. The van der Waals surface area contributed by atoms with Gasteiger partial charge in [-0.25, -0.2) is 0 Å². The number of carbonyl (C=O) groups is 1. The molecule has 1 saturated heterocycles. The minimum Gasteiger partial charge on any atom is -0.493 e. The molecule has 1 aromatic carbocycles. The van der Waals surface area contributed by atoms with Crippen LogP contribution in [0.25, 0.3) is 6.08 Å². The maximum Gasteiger partial charge on any atom is 0.246 e. The van der Waals surface area contributed by atoms with Crippen LogP contribution in [-0.2, 0) is 11.3 Å². The zero-order valence-electron chi connectivity index (χ0n) is 15.3. The van der Waals surface area contributed by atoms with E-state index in [1.54, 1.807) is 26.5 Å². The summed E-state index contributed by atoms with van der Waals surface area (Å²) in [5.74, 6) is 1.96. The van der Waals surface area contributed by atoms with Gasteiger partial charge in [0.1, 0.15) is 0 Å². The second kappa shape index (κ2) is 8.56. The lowest BCUT2D eigenvalue weighted by molar-refractivity contribution is -0.127. The molecule has 2 aromatic rings. The Balaban J connectivity index is 1.53. The van der Waals surface area contributed by atoms with Crippen molar-refractivity contribution in [2.24, 2.45) is 5.92 Å². The average Bonchev–Trinajstić information content (AvgIpc) is 3.19. The lowest BCUT2D eigenvalue weighted by atomic mass is 9.97. The molecule has 1 aromatic heterocycles. The molecule has 1 aliphatic rings. The third kappa shape index (κ3) is 4.45. The van der Waals surface area contributed by atoms with E-state index in [2.05, 4.69) is 5.10 Å². The van der Waals surface area contributed by atoms with Gasteiger partial charge in [0.25, 0.3) is 0 Å². The highest BCUT2D eigenvalue weighted by Gasteiger charge is 2.21. The molecule has 0 N–H and O–H groups in total. The molecule has 0 saturated carbocycles. The summed E-state index contributed by atoms with van der Waals surface area (Å²) < 4.78 is 12.5. The van der Waals surface area contributed by atoms with E-state index in [-0.39, 0.29) is 5.91 Å². The third-order valence-electron chi connectivity index (χ3n) is 4.76. The average molecular weight is 355 g/mol. The number of hydrogen-bond donors (Lipinski definition) is 0. The SMILES string of the molecule is COc1ccc(/C=C/C(=O)N2CCC(Cn3cccn3)CC2)cc1OC. The molecule has 1 fully saturated rings. The first kappa shape index (κ1) is 18.0. The molecule has 0 aliphatic carbocycles. The normalized spacial score (nSPS) is 15.4. The molecule has 0 spiro atoms. The van der Waals surface area contributed by atoms with E-state index >= 15 is 0 Å². The summed E-state index contributed by atoms with van der Waals surface area (Å²) in [4.78, 5) is 14.4. The molecule has 1 aliphatic heterocycles. The summed E-state index contributed by atoms with van der Waals surface area (Å²) >= 11 is 0. The number of rotatable bonds is 6. The van der Waals surface area contributed by atoms with Crippen LogP contribution in [0.1, 0.15) is 18.4 Å². The fourth-order valence-corrected chi connectivity index (χ4v) is 3.24. The highest BCUT2D eigenvalue weighted by Crippen LogP contribution is 2.28. The molecule has 3 rings (SSSR count). The van der Waals surface area contributed by atoms with Gasteiger partial charge < -0.3 is 14.4 Å². The number of hydrogen-bond acceptors (Lipinski definition) is 4. The van der Waals surface area contributed by atoms with E-state index in [9.17, 15) is 4.79 Å². The van der Waals surface area contributed by atoms with Gasteiger partial charge in [0.15, 0.2) is 11.5 Å². The lowest BCUT2D eigenvalue weighted by Crippen LogP contribution is -2.38. The monoisotopic (exact) mass is 355 g/mol. The number of piperidine rings is 1. The van der Waals surface area contributed by atoms with Crippen molar-refractivity contribution in [2.45, 2.75) is 19.4 Å². The molecule has 1 amide bonds. The van der Waals surface area contributed by atoms with E-state index in [0.717, 1.165) is 38.0 Å². The number of amides is 1. The van der Waals surface area contributed by atoms with Crippen molar-refractivity contribution < 1.29 is 14.3 Å². The zero-order chi connectivity index (χ0) is 18.4. The molecule has 0 atom stereocenters. The van der Waals surface area contributed by atoms with Gasteiger partial charge in [-0.15, -0.1) is 0 Å². The Morgan fingerprint density at radius 3 is 2.65 bits per heavy atom. The van der Waals surface area contributed by atoms with E-state index in [0.29, 0.717) is 17.4 Å². The molecule has 0 unspecified atom stereocenters. The topological polar surface area (TPSA) is 56.6 Å². The van der Waals surface area contributed by atoms with Gasteiger partial charge in [0.05, 0.1) is 14.2 Å². The molecule has 0 radical (unpaired) electrons. The van der Waals surface area contributed by atoms with Crippen LogP contribution < -0.4 is 9.47 Å². The van der Waals surface area contributed by atoms with E-state index in [1.807, 2.05) is 46.1 Å². The number of nitrogens with zero attached hydrogens (tertiary/aromatic N) is 3. The van der Waals surface area contributed by atoms with Crippen LogP contribution in [0, 0.1) is 5.92 Å². The molecule has 2 heterocycles. The van der Waals surface area contributed by atoms with Crippen LogP contribution >= 0.6 is 0 Å². The highest BCUT2D eigenvalue weighted by atomic mass is 16.5. The highest BCUT2D eigenvalue weighted by molar-refractivity contribution is 5.91. The summed E-state index contributed by atoms with van der Waals surface area (Å²) in [5.41, 5.74) is 0.907. The van der Waals surface area contributed by atoms with Crippen LogP contribution in [0.4, 0.5) is 0 Å². The fraction of sp³-hybridized carbons (Fsp3) is 0.400. The number of methoxy groups -OCH3 is 2. The summed E-state index contributed by atoms with van der Waals surface area (Å²) in [6.45, 7) is 2.51. The van der Waals surface area contributed by atoms with Crippen LogP contribution in [0.2, 0.25) is 0 Å². The molecule has 6 nitrogen and oxygen atoms in total. The van der Waals surface area contributed by atoms with Gasteiger partial charge in [0, 0.05) is 38.1 Å². The molecule has 6 heteroatoms. The van der Waals surface area contributed by atoms with E-state index in [1.165, 1.54) is 0 Å². The van der Waals surface area contributed by atoms with Crippen molar-refractivity contribution in [1.82, 2.24) is 14.7 Å². The van der Waals surface area contributed by atoms with Gasteiger partial charge in [-0.1, -0.05) is 6.07 Å². The summed E-state index contributed by atoms with van der Waals surface area (Å²) in [5, 5.41) is 4.26. The van der Waals surface area contributed by atoms with Crippen molar-refractivity contribution in [3.8, 4) is 11.5 Å². The first-order chi connectivity index (χ1) is 12.7. The second-order valence-corrected chi connectivity index (χ2v) is 6.44. The minimum atomic E-state index is 0.0531. The van der Waals surface area contributed by atoms with Crippen molar-refractivity contribution in [2.75, 3.05) is 27.3 Å². The predicted molar refractivity (Wildman–Crippen MR) is 100 cm³/mol. The zero-order valence-corrected chi connectivity index (χ0v) is 15.3. The molecular weight excluding hydrogens is 330 g/mol. The lowest BCUT2D eigenvalue weighted by Gasteiger charge is -2.31. The van der Waals surface area contributed by atoms with Crippen molar-refractivity contribution in [3.05, 3.63) is 48.3 Å². The Morgan fingerprint density at radius 2 is 2.00 bits per heavy atom. The molecule has 138 valence electrons. The Morgan fingerprint density at radius 1 is 1.23 bits per heavy atom. The Bertz CT molecular complexity index is 748. The van der Waals surface area contributed by atoms with Gasteiger partial charge in [-0.05, 0) is 48.6 Å². The summed E-state index contributed by atoms with van der Waals surface area (Å²) in [7, 11) is 3.21. The Kier molecular flexibility index (Phi) is 5.94. The summed E-state index contributed by atoms with van der Waals surface area (Å²) in [6.07, 6.45) is 9.27. The quantitative estimate of drug-likeness (QED) is 0.748. The Labute approximate surface area is 154 Å². The fourth-order valence-electron chi connectivity index (χ4n) is 3.24. The van der Waals surface area contributed by atoms with Crippen molar-refractivity contribution >= 4 is 12.0 Å². The smallest absolute Gasteiger partial charge is 0.246 e. The van der Waals surface area contributed by atoms with E-state index < -0.39 is 0 Å². The Hall–Kier alpha value is -2.76. The van der Waals surface area contributed by atoms with Crippen LogP contribution in [0.5, 0.6) is 11.5 Å². The number of carbonyl (C=O) groups excluding carboxylic acids is 1. The van der Waals surface area contributed by atoms with Crippen molar-refractivity contribution in [3.63, 3.8) is 0 Å². The number of benzene rings is 1. The first-order valence-electron chi connectivity index (χ1n) is 8.86. The van der Waals surface area contributed by atoms with Crippen LogP contribution in [-0.4, -0.2) is 47.9 Å². The van der Waals surface area contributed by atoms with Crippen LogP contribution in [0.3, 0.4) is 0 Å². The molecule has 26 heavy (non-hydrogen) atoms.